The van der Waals surface area contributed by atoms with Gasteiger partial charge in [-0.1, -0.05) is 37.6 Å². The van der Waals surface area contributed by atoms with Gasteiger partial charge in [-0.3, -0.25) is 4.90 Å². The lowest BCUT2D eigenvalue weighted by atomic mass is 10.1. The van der Waals surface area contributed by atoms with E-state index in [1.54, 1.807) is 24.3 Å². The fraction of sp³-hybridized carbons (Fsp3) is 0.409. The zero-order valence-electron chi connectivity index (χ0n) is 15.4. The number of carbonyl (C=O) groups excluding carboxylic acids is 1. The van der Waals surface area contributed by atoms with E-state index in [9.17, 15) is 9.90 Å². The van der Waals surface area contributed by atoms with Gasteiger partial charge in [-0.25, -0.2) is 4.79 Å². The lowest BCUT2D eigenvalue weighted by Crippen LogP contribution is -2.29. The van der Waals surface area contributed by atoms with Crippen LogP contribution in [0.15, 0.2) is 48.5 Å². The van der Waals surface area contributed by atoms with Crippen molar-refractivity contribution >= 4 is 5.97 Å². The van der Waals surface area contributed by atoms with Gasteiger partial charge in [0, 0.05) is 6.54 Å². The summed E-state index contributed by atoms with van der Waals surface area (Å²) in [5, 5.41) is 9.81. The van der Waals surface area contributed by atoms with Crippen LogP contribution >= 0.6 is 0 Å². The molecular formula is C22H27NO3. The van der Waals surface area contributed by atoms with Gasteiger partial charge in [-0.15, -0.1) is 0 Å². The fourth-order valence-corrected chi connectivity index (χ4v) is 3.28. The zero-order chi connectivity index (χ0) is 18.4. The molecule has 1 atom stereocenters. The summed E-state index contributed by atoms with van der Waals surface area (Å²) in [6, 6.07) is 14.7. The second kappa shape index (κ2) is 8.97. The van der Waals surface area contributed by atoms with Gasteiger partial charge >= 0.3 is 5.97 Å². The monoisotopic (exact) mass is 353 g/mol. The Morgan fingerprint density at radius 3 is 2.31 bits per heavy atom. The molecule has 0 aromatic heterocycles. The number of rotatable bonds is 6. The van der Waals surface area contributed by atoms with Gasteiger partial charge in [-0.05, 0) is 67.7 Å². The van der Waals surface area contributed by atoms with Crippen LogP contribution in [0.1, 0.15) is 60.2 Å². The first kappa shape index (κ1) is 18.6. The van der Waals surface area contributed by atoms with Crippen LogP contribution in [0.4, 0.5) is 0 Å². The molecule has 1 unspecified atom stereocenters. The van der Waals surface area contributed by atoms with Gasteiger partial charge in [0.25, 0.3) is 0 Å². The smallest absolute Gasteiger partial charge is 0.343 e. The Balaban J connectivity index is 1.57. The Kier molecular flexibility index (Phi) is 6.42. The maximum absolute atomic E-state index is 12.3. The van der Waals surface area contributed by atoms with E-state index in [1.807, 2.05) is 31.2 Å². The standard InChI is InChI=1S/C22H27NO3/c1-2-21(24)18-10-12-20(13-11-18)26-22(25)19-8-6-17(7-9-19)16-23-14-4-3-5-15-23/h6-13,21,24H,2-5,14-16H2,1H3. The third-order valence-electron chi connectivity index (χ3n) is 4.91. The molecule has 1 aliphatic rings. The first-order valence-electron chi connectivity index (χ1n) is 9.47. The lowest BCUT2D eigenvalue weighted by molar-refractivity contribution is 0.0734. The molecule has 26 heavy (non-hydrogen) atoms. The number of aliphatic hydroxyl groups is 1. The number of aliphatic hydroxyl groups excluding tert-OH is 1. The average Bonchev–Trinajstić information content (AvgIpc) is 2.69. The molecule has 2 aromatic carbocycles. The molecule has 1 aliphatic heterocycles. The highest BCUT2D eigenvalue weighted by Crippen LogP contribution is 2.21. The third-order valence-corrected chi connectivity index (χ3v) is 4.91. The number of likely N-dealkylation sites (tertiary alicyclic amines) is 1. The van der Waals surface area contributed by atoms with Crippen LogP contribution in [0.5, 0.6) is 5.75 Å². The topological polar surface area (TPSA) is 49.8 Å². The molecule has 0 amide bonds. The maximum Gasteiger partial charge on any atom is 0.343 e. The molecule has 2 aromatic rings. The molecule has 1 N–H and O–H groups in total. The number of hydrogen-bond acceptors (Lipinski definition) is 4. The van der Waals surface area contributed by atoms with E-state index in [4.69, 9.17) is 4.74 Å². The molecule has 138 valence electrons. The number of benzene rings is 2. The SMILES string of the molecule is CCC(O)c1ccc(OC(=O)c2ccc(CN3CCCCC3)cc2)cc1. The van der Waals surface area contributed by atoms with E-state index in [0.29, 0.717) is 17.7 Å². The van der Waals surface area contributed by atoms with E-state index in [0.717, 1.165) is 25.2 Å². The van der Waals surface area contributed by atoms with E-state index in [2.05, 4.69) is 4.90 Å². The highest BCUT2D eigenvalue weighted by atomic mass is 16.5. The van der Waals surface area contributed by atoms with Crippen molar-refractivity contribution in [3.8, 4) is 5.75 Å². The normalized spacial score (nSPS) is 16.2. The molecule has 0 aliphatic carbocycles. The molecular weight excluding hydrogens is 326 g/mol. The van der Waals surface area contributed by atoms with Crippen LogP contribution in [-0.2, 0) is 6.54 Å². The molecule has 3 rings (SSSR count). The van der Waals surface area contributed by atoms with Crippen LogP contribution < -0.4 is 4.74 Å². The van der Waals surface area contributed by atoms with Crippen LogP contribution in [0.25, 0.3) is 0 Å². The largest absolute Gasteiger partial charge is 0.423 e. The van der Waals surface area contributed by atoms with Crippen molar-refractivity contribution in [3.63, 3.8) is 0 Å². The van der Waals surface area contributed by atoms with Crippen molar-refractivity contribution in [2.45, 2.75) is 45.3 Å². The fourth-order valence-electron chi connectivity index (χ4n) is 3.28. The highest BCUT2D eigenvalue weighted by molar-refractivity contribution is 5.91. The van der Waals surface area contributed by atoms with Gasteiger partial charge in [-0.2, -0.15) is 0 Å². The minimum atomic E-state index is -0.479. The van der Waals surface area contributed by atoms with E-state index in [-0.39, 0.29) is 5.97 Å². The Morgan fingerprint density at radius 2 is 1.69 bits per heavy atom. The van der Waals surface area contributed by atoms with Crippen LogP contribution in [0.3, 0.4) is 0 Å². The van der Waals surface area contributed by atoms with Gasteiger partial charge < -0.3 is 9.84 Å². The number of ether oxygens (including phenoxy) is 1. The van der Waals surface area contributed by atoms with Crippen molar-refractivity contribution in [1.29, 1.82) is 0 Å². The third kappa shape index (κ3) is 4.93. The summed E-state index contributed by atoms with van der Waals surface area (Å²) in [6.07, 6.45) is 4.06. The van der Waals surface area contributed by atoms with Crippen molar-refractivity contribution in [1.82, 2.24) is 4.90 Å². The molecule has 4 nitrogen and oxygen atoms in total. The first-order chi connectivity index (χ1) is 12.7. The van der Waals surface area contributed by atoms with Gasteiger partial charge in [0.15, 0.2) is 0 Å². The van der Waals surface area contributed by atoms with Crippen LogP contribution in [-0.4, -0.2) is 29.1 Å². The summed E-state index contributed by atoms with van der Waals surface area (Å²) >= 11 is 0. The van der Waals surface area contributed by atoms with Gasteiger partial charge in [0.1, 0.15) is 5.75 Å². The molecule has 0 radical (unpaired) electrons. The summed E-state index contributed by atoms with van der Waals surface area (Å²) in [7, 11) is 0. The Bertz CT molecular complexity index is 703. The number of hydrogen-bond donors (Lipinski definition) is 1. The molecule has 0 bridgehead atoms. The predicted molar refractivity (Wildman–Crippen MR) is 102 cm³/mol. The number of nitrogens with zero attached hydrogens (tertiary/aromatic N) is 1. The molecule has 1 heterocycles. The molecule has 1 saturated heterocycles. The Labute approximate surface area is 155 Å². The Morgan fingerprint density at radius 1 is 1.04 bits per heavy atom. The molecule has 1 fully saturated rings. The predicted octanol–water partition coefficient (Wildman–Crippen LogP) is 4.34. The minimum absolute atomic E-state index is 0.363. The van der Waals surface area contributed by atoms with Crippen molar-refractivity contribution in [3.05, 3.63) is 65.2 Å². The summed E-state index contributed by atoms with van der Waals surface area (Å²) in [6.45, 7) is 5.18. The maximum atomic E-state index is 12.3. The van der Waals surface area contributed by atoms with E-state index < -0.39 is 6.10 Å². The second-order valence-corrected chi connectivity index (χ2v) is 6.92. The summed E-state index contributed by atoms with van der Waals surface area (Å²) in [5.74, 6) is 0.123. The quantitative estimate of drug-likeness (QED) is 0.620. The summed E-state index contributed by atoms with van der Waals surface area (Å²) in [5.41, 5.74) is 2.60. The molecule has 0 spiro atoms. The van der Waals surface area contributed by atoms with Crippen molar-refractivity contribution in [2.75, 3.05) is 13.1 Å². The van der Waals surface area contributed by atoms with Crippen molar-refractivity contribution < 1.29 is 14.6 Å². The van der Waals surface area contributed by atoms with E-state index >= 15 is 0 Å². The average molecular weight is 353 g/mol. The number of esters is 1. The van der Waals surface area contributed by atoms with Gasteiger partial charge in [0.2, 0.25) is 0 Å². The van der Waals surface area contributed by atoms with Crippen molar-refractivity contribution in [2.24, 2.45) is 0 Å². The van der Waals surface area contributed by atoms with Crippen LogP contribution in [0.2, 0.25) is 0 Å². The van der Waals surface area contributed by atoms with E-state index in [1.165, 1.54) is 24.8 Å². The first-order valence-corrected chi connectivity index (χ1v) is 9.47. The number of carbonyl (C=O) groups is 1. The zero-order valence-corrected chi connectivity index (χ0v) is 15.4. The lowest BCUT2D eigenvalue weighted by Gasteiger charge is -2.26. The number of piperidine rings is 1. The highest BCUT2D eigenvalue weighted by Gasteiger charge is 2.12. The summed E-state index contributed by atoms with van der Waals surface area (Å²) < 4.78 is 5.43. The molecule has 0 saturated carbocycles. The Hall–Kier alpha value is -2.17. The molecule has 4 heteroatoms. The minimum Gasteiger partial charge on any atom is -0.423 e. The van der Waals surface area contributed by atoms with Gasteiger partial charge in [0.05, 0.1) is 11.7 Å². The summed E-state index contributed by atoms with van der Waals surface area (Å²) in [4.78, 5) is 14.8. The van der Waals surface area contributed by atoms with Crippen LogP contribution in [0, 0.1) is 0 Å². The second-order valence-electron chi connectivity index (χ2n) is 6.92.